The summed E-state index contributed by atoms with van der Waals surface area (Å²) in [5, 5.41) is 12.2. The predicted molar refractivity (Wildman–Crippen MR) is 113 cm³/mol. The molecule has 6 nitrogen and oxygen atoms in total. The van der Waals surface area contributed by atoms with E-state index in [9.17, 15) is 0 Å². The number of allylic oxidation sites excluding steroid dienone is 1. The van der Waals surface area contributed by atoms with Gasteiger partial charge in [-0.05, 0) is 54.7 Å². The fraction of sp³-hybridized carbons (Fsp3) is 0.348. The number of ether oxygens (including phenoxy) is 4. The summed E-state index contributed by atoms with van der Waals surface area (Å²) in [7, 11) is 6.43. The van der Waals surface area contributed by atoms with Crippen LogP contribution in [0.4, 0.5) is 0 Å². The minimum Gasteiger partial charge on any atom is -0.495 e. The summed E-state index contributed by atoms with van der Waals surface area (Å²) in [6, 6.07) is 7.68. The maximum Gasteiger partial charge on any atom is 0.203 e. The lowest BCUT2D eigenvalue weighted by molar-refractivity contribution is 0.324. The third-order valence-electron chi connectivity index (χ3n) is 5.18. The Morgan fingerprint density at radius 3 is 2.28 bits per heavy atom. The number of hydrogen-bond acceptors (Lipinski definition) is 6. The molecule has 6 heteroatoms. The molecule has 2 aromatic carbocycles. The Labute approximate surface area is 171 Å². The molecule has 0 amide bonds. The molecule has 0 radical (unpaired) electrons. The SMILES string of the molecule is C=C(C)N[C@H]1CCc2cc(OC)c(OC)c(OC)c2-c2ccc(OC)c(=N)cc21. The second kappa shape index (κ2) is 8.47. The van der Waals surface area contributed by atoms with Crippen LogP contribution in [0.3, 0.4) is 0 Å². The monoisotopic (exact) mass is 396 g/mol. The first-order valence-corrected chi connectivity index (χ1v) is 9.46. The highest BCUT2D eigenvalue weighted by atomic mass is 16.5. The van der Waals surface area contributed by atoms with Gasteiger partial charge in [0.2, 0.25) is 5.75 Å². The molecule has 0 aliphatic heterocycles. The van der Waals surface area contributed by atoms with E-state index in [1.165, 1.54) is 0 Å². The van der Waals surface area contributed by atoms with Crippen LogP contribution in [0.15, 0.2) is 36.5 Å². The van der Waals surface area contributed by atoms with Crippen LogP contribution in [0.2, 0.25) is 0 Å². The zero-order valence-corrected chi connectivity index (χ0v) is 17.6. The van der Waals surface area contributed by atoms with E-state index < -0.39 is 0 Å². The smallest absolute Gasteiger partial charge is 0.203 e. The van der Waals surface area contributed by atoms with Crippen molar-refractivity contribution in [2.45, 2.75) is 25.8 Å². The van der Waals surface area contributed by atoms with Crippen molar-refractivity contribution in [3.63, 3.8) is 0 Å². The number of hydrogen-bond donors (Lipinski definition) is 2. The highest BCUT2D eigenvalue weighted by Gasteiger charge is 2.28. The van der Waals surface area contributed by atoms with Crippen LogP contribution in [0.1, 0.15) is 30.5 Å². The van der Waals surface area contributed by atoms with E-state index in [1.54, 1.807) is 28.4 Å². The van der Waals surface area contributed by atoms with E-state index >= 15 is 0 Å². The van der Waals surface area contributed by atoms with Gasteiger partial charge < -0.3 is 24.3 Å². The van der Waals surface area contributed by atoms with E-state index in [1.807, 2.05) is 31.2 Å². The average Bonchev–Trinajstić information content (AvgIpc) is 2.95. The molecule has 0 fully saturated rings. The predicted octanol–water partition coefficient (Wildman–Crippen LogP) is 3.98. The topological polar surface area (TPSA) is 72.8 Å². The lowest BCUT2D eigenvalue weighted by atomic mass is 9.95. The van der Waals surface area contributed by atoms with Crippen LogP contribution in [-0.2, 0) is 6.42 Å². The number of aryl methyl sites for hydroxylation is 1. The van der Waals surface area contributed by atoms with Crippen molar-refractivity contribution in [2.24, 2.45) is 0 Å². The highest BCUT2D eigenvalue weighted by Crippen LogP contribution is 2.50. The molecule has 0 bridgehead atoms. The van der Waals surface area contributed by atoms with Crippen molar-refractivity contribution >= 4 is 0 Å². The van der Waals surface area contributed by atoms with Gasteiger partial charge in [0.05, 0.1) is 39.8 Å². The molecule has 1 aliphatic rings. The Balaban J connectivity index is 2.41. The van der Waals surface area contributed by atoms with Crippen LogP contribution in [0, 0.1) is 5.41 Å². The molecule has 1 aliphatic carbocycles. The normalized spacial score (nSPS) is 14.7. The van der Waals surface area contributed by atoms with Crippen LogP contribution in [0.25, 0.3) is 11.1 Å². The zero-order valence-electron chi connectivity index (χ0n) is 17.6. The molecule has 1 atom stereocenters. The largest absolute Gasteiger partial charge is 0.495 e. The second-order valence-corrected chi connectivity index (χ2v) is 7.02. The molecule has 0 saturated heterocycles. The number of methoxy groups -OCH3 is 4. The van der Waals surface area contributed by atoms with Crippen LogP contribution in [0.5, 0.6) is 23.0 Å². The molecule has 29 heavy (non-hydrogen) atoms. The van der Waals surface area contributed by atoms with Gasteiger partial charge in [-0.25, -0.2) is 0 Å². The molecule has 2 aromatic rings. The number of rotatable bonds is 6. The molecular formula is C23H28N2O4. The fourth-order valence-corrected chi connectivity index (χ4v) is 3.95. The van der Waals surface area contributed by atoms with Crippen molar-refractivity contribution in [1.82, 2.24) is 5.32 Å². The first-order valence-electron chi connectivity index (χ1n) is 9.46. The summed E-state index contributed by atoms with van der Waals surface area (Å²) >= 11 is 0. The Morgan fingerprint density at radius 1 is 1.00 bits per heavy atom. The van der Waals surface area contributed by atoms with E-state index in [0.717, 1.165) is 40.8 Å². The third kappa shape index (κ3) is 3.75. The van der Waals surface area contributed by atoms with E-state index in [4.69, 9.17) is 24.4 Å². The van der Waals surface area contributed by atoms with Crippen LogP contribution < -0.4 is 29.6 Å². The van der Waals surface area contributed by atoms with Gasteiger partial charge in [0.25, 0.3) is 0 Å². The lowest BCUT2D eigenvalue weighted by Gasteiger charge is -2.20. The van der Waals surface area contributed by atoms with Gasteiger partial charge in [0, 0.05) is 11.3 Å². The third-order valence-corrected chi connectivity index (χ3v) is 5.18. The zero-order chi connectivity index (χ0) is 21.1. The summed E-state index contributed by atoms with van der Waals surface area (Å²) < 4.78 is 22.4. The average molecular weight is 396 g/mol. The van der Waals surface area contributed by atoms with Gasteiger partial charge >= 0.3 is 0 Å². The van der Waals surface area contributed by atoms with Crippen molar-refractivity contribution in [3.8, 4) is 34.1 Å². The van der Waals surface area contributed by atoms with Gasteiger partial charge in [-0.3, -0.25) is 5.41 Å². The van der Waals surface area contributed by atoms with Crippen LogP contribution >= 0.6 is 0 Å². The molecule has 0 heterocycles. The Kier molecular flexibility index (Phi) is 6.01. The second-order valence-electron chi connectivity index (χ2n) is 7.02. The molecule has 2 N–H and O–H groups in total. The Morgan fingerprint density at radius 2 is 1.69 bits per heavy atom. The van der Waals surface area contributed by atoms with E-state index in [2.05, 4.69) is 11.9 Å². The lowest BCUT2D eigenvalue weighted by Crippen LogP contribution is -2.20. The summed E-state index contributed by atoms with van der Waals surface area (Å²) in [5.74, 6) is 2.31. The number of benzene rings is 1. The maximum absolute atomic E-state index is 8.45. The maximum atomic E-state index is 8.45. The van der Waals surface area contributed by atoms with Gasteiger partial charge in [-0.1, -0.05) is 12.6 Å². The minimum absolute atomic E-state index is 0.00204. The molecule has 0 aromatic heterocycles. The fourth-order valence-electron chi connectivity index (χ4n) is 3.95. The van der Waals surface area contributed by atoms with E-state index in [-0.39, 0.29) is 6.04 Å². The first kappa shape index (κ1) is 20.6. The van der Waals surface area contributed by atoms with Gasteiger partial charge in [-0.15, -0.1) is 0 Å². The Bertz CT molecular complexity index is 1000. The summed E-state index contributed by atoms with van der Waals surface area (Å²) in [6.07, 6.45) is 1.64. The summed E-state index contributed by atoms with van der Waals surface area (Å²) in [6.45, 7) is 5.95. The standard InChI is InChI=1S/C23H28N2O4/c1-13(2)25-18-9-7-14-11-20(27-4)22(28-5)23(29-6)21(14)15-8-10-19(26-3)17(24)12-16(15)18/h8,10-12,18,24-25H,1,7,9H2,2-6H3/t18-/m0/s1. The van der Waals surface area contributed by atoms with Gasteiger partial charge in [-0.2, -0.15) is 0 Å². The van der Waals surface area contributed by atoms with Crippen molar-refractivity contribution in [2.75, 3.05) is 28.4 Å². The van der Waals surface area contributed by atoms with Crippen molar-refractivity contribution in [3.05, 3.63) is 53.0 Å². The van der Waals surface area contributed by atoms with E-state index in [0.29, 0.717) is 28.4 Å². The summed E-state index contributed by atoms with van der Waals surface area (Å²) in [4.78, 5) is 0. The van der Waals surface area contributed by atoms with Crippen molar-refractivity contribution < 1.29 is 18.9 Å². The number of fused-ring (bicyclic) bond motifs is 3. The number of nitrogens with one attached hydrogen (secondary N) is 2. The quantitative estimate of drug-likeness (QED) is 0.773. The molecule has 0 unspecified atom stereocenters. The van der Waals surface area contributed by atoms with Gasteiger partial charge in [0.1, 0.15) is 5.75 Å². The minimum atomic E-state index is -0.00204. The Hall–Kier alpha value is -3.15. The highest BCUT2D eigenvalue weighted by molar-refractivity contribution is 5.82. The van der Waals surface area contributed by atoms with Crippen molar-refractivity contribution in [1.29, 1.82) is 5.41 Å². The molecule has 0 spiro atoms. The molecular weight excluding hydrogens is 368 g/mol. The molecule has 0 saturated carbocycles. The van der Waals surface area contributed by atoms with Gasteiger partial charge in [0.15, 0.2) is 11.5 Å². The molecule has 154 valence electrons. The van der Waals surface area contributed by atoms with Crippen LogP contribution in [-0.4, -0.2) is 28.4 Å². The first-order chi connectivity index (χ1) is 13.9. The molecule has 3 rings (SSSR count). The summed E-state index contributed by atoms with van der Waals surface area (Å²) in [5.41, 5.74) is 4.88.